The molecule has 1 aliphatic carbocycles. The molecule has 2 rings (SSSR count). The molecule has 0 spiro atoms. The molecule has 78 valence electrons. The number of likely N-dealkylation sites (N-methyl/N-ethyl adjacent to an activating group) is 1. The van der Waals surface area contributed by atoms with E-state index in [1.165, 1.54) is 5.56 Å². The molecule has 3 heteroatoms. The Labute approximate surface area is 89.2 Å². The number of nitrogens with zero attached hydrogens (tertiary/aromatic N) is 1. The van der Waals surface area contributed by atoms with Crippen molar-refractivity contribution in [3.8, 4) is 0 Å². The molecule has 1 aromatic carbocycles. The van der Waals surface area contributed by atoms with Crippen molar-refractivity contribution in [3.63, 3.8) is 0 Å². The summed E-state index contributed by atoms with van der Waals surface area (Å²) >= 11 is 0. The molecule has 0 saturated heterocycles. The SMILES string of the molecule is CN(C)C(=O)C1=Cc2cc(N)ccc2C1. The van der Waals surface area contributed by atoms with Crippen molar-refractivity contribution in [2.45, 2.75) is 6.42 Å². The van der Waals surface area contributed by atoms with Gasteiger partial charge in [-0.3, -0.25) is 4.79 Å². The van der Waals surface area contributed by atoms with Crippen molar-refractivity contribution >= 4 is 17.7 Å². The lowest BCUT2D eigenvalue weighted by atomic mass is 10.1. The second kappa shape index (κ2) is 3.42. The monoisotopic (exact) mass is 202 g/mol. The third kappa shape index (κ3) is 1.73. The van der Waals surface area contributed by atoms with Gasteiger partial charge in [0.25, 0.3) is 0 Å². The smallest absolute Gasteiger partial charge is 0.249 e. The number of fused-ring (bicyclic) bond motifs is 1. The van der Waals surface area contributed by atoms with Gasteiger partial charge in [-0.1, -0.05) is 6.07 Å². The molecule has 1 aliphatic rings. The Hall–Kier alpha value is -1.77. The van der Waals surface area contributed by atoms with Gasteiger partial charge in [-0.25, -0.2) is 0 Å². The van der Waals surface area contributed by atoms with Crippen LogP contribution >= 0.6 is 0 Å². The Kier molecular flexibility index (Phi) is 2.23. The maximum Gasteiger partial charge on any atom is 0.249 e. The van der Waals surface area contributed by atoms with E-state index in [2.05, 4.69) is 0 Å². The molecule has 0 radical (unpaired) electrons. The third-order valence-corrected chi connectivity index (χ3v) is 2.56. The van der Waals surface area contributed by atoms with Gasteiger partial charge in [0.05, 0.1) is 0 Å². The van der Waals surface area contributed by atoms with E-state index in [1.54, 1.807) is 19.0 Å². The number of rotatable bonds is 1. The second-order valence-electron chi connectivity index (χ2n) is 4.00. The van der Waals surface area contributed by atoms with Crippen LogP contribution in [0.1, 0.15) is 11.1 Å². The van der Waals surface area contributed by atoms with Gasteiger partial charge >= 0.3 is 0 Å². The highest BCUT2D eigenvalue weighted by molar-refractivity contribution is 6.00. The van der Waals surface area contributed by atoms with Gasteiger partial charge in [0, 0.05) is 31.8 Å². The minimum Gasteiger partial charge on any atom is -0.399 e. The highest BCUT2D eigenvalue weighted by atomic mass is 16.2. The maximum atomic E-state index is 11.7. The highest BCUT2D eigenvalue weighted by Crippen LogP contribution is 2.27. The van der Waals surface area contributed by atoms with Crippen LogP contribution in [0.5, 0.6) is 0 Å². The fraction of sp³-hybridized carbons (Fsp3) is 0.250. The topological polar surface area (TPSA) is 46.3 Å². The summed E-state index contributed by atoms with van der Waals surface area (Å²) in [6, 6.07) is 5.76. The number of amides is 1. The van der Waals surface area contributed by atoms with Gasteiger partial charge in [0.2, 0.25) is 5.91 Å². The van der Waals surface area contributed by atoms with Gasteiger partial charge < -0.3 is 10.6 Å². The molecule has 0 aliphatic heterocycles. The van der Waals surface area contributed by atoms with Gasteiger partial charge in [-0.15, -0.1) is 0 Å². The lowest BCUT2D eigenvalue weighted by molar-refractivity contribution is -0.124. The number of hydrogen-bond acceptors (Lipinski definition) is 2. The van der Waals surface area contributed by atoms with Crippen LogP contribution in [0, 0.1) is 0 Å². The Balaban J connectivity index is 2.31. The zero-order valence-electron chi connectivity index (χ0n) is 8.95. The maximum absolute atomic E-state index is 11.7. The minimum absolute atomic E-state index is 0.0739. The fourth-order valence-electron chi connectivity index (χ4n) is 1.78. The van der Waals surface area contributed by atoms with Crippen LogP contribution < -0.4 is 5.73 Å². The van der Waals surface area contributed by atoms with E-state index in [-0.39, 0.29) is 5.91 Å². The molecule has 0 unspecified atom stereocenters. The molecule has 1 amide bonds. The number of hydrogen-bond donors (Lipinski definition) is 1. The summed E-state index contributed by atoms with van der Waals surface area (Å²) in [6.07, 6.45) is 2.64. The molecule has 0 bridgehead atoms. The predicted molar refractivity (Wildman–Crippen MR) is 61.2 cm³/mol. The van der Waals surface area contributed by atoms with E-state index >= 15 is 0 Å². The number of carbonyl (C=O) groups excluding carboxylic acids is 1. The average Bonchev–Trinajstić information content (AvgIpc) is 2.58. The van der Waals surface area contributed by atoms with Gasteiger partial charge in [0.15, 0.2) is 0 Å². The number of nitrogens with two attached hydrogens (primary N) is 1. The molecular formula is C12H14N2O. The summed E-state index contributed by atoms with van der Waals surface area (Å²) in [5.41, 5.74) is 9.51. The Morgan fingerprint density at radius 1 is 1.40 bits per heavy atom. The quantitative estimate of drug-likeness (QED) is 0.698. The number of carbonyl (C=O) groups is 1. The summed E-state index contributed by atoms with van der Waals surface area (Å²) in [4.78, 5) is 13.3. The van der Waals surface area contributed by atoms with Crippen LogP contribution in [0.4, 0.5) is 5.69 Å². The van der Waals surface area contributed by atoms with Crippen LogP contribution in [-0.2, 0) is 11.2 Å². The summed E-state index contributed by atoms with van der Waals surface area (Å²) < 4.78 is 0. The molecule has 0 saturated carbocycles. The van der Waals surface area contributed by atoms with E-state index in [4.69, 9.17) is 5.73 Å². The molecule has 15 heavy (non-hydrogen) atoms. The van der Waals surface area contributed by atoms with Crippen molar-refractivity contribution < 1.29 is 4.79 Å². The van der Waals surface area contributed by atoms with E-state index in [9.17, 15) is 4.79 Å². The molecule has 0 heterocycles. The Morgan fingerprint density at radius 3 is 2.80 bits per heavy atom. The molecule has 2 N–H and O–H groups in total. The van der Waals surface area contributed by atoms with Gasteiger partial charge in [0.1, 0.15) is 0 Å². The summed E-state index contributed by atoms with van der Waals surface area (Å²) in [5.74, 6) is 0.0739. The molecule has 1 aromatic rings. The summed E-state index contributed by atoms with van der Waals surface area (Å²) in [5, 5.41) is 0. The first-order valence-corrected chi connectivity index (χ1v) is 4.88. The number of benzene rings is 1. The van der Waals surface area contributed by atoms with Crippen LogP contribution in [0.15, 0.2) is 23.8 Å². The van der Waals surface area contributed by atoms with Gasteiger partial charge in [-0.2, -0.15) is 0 Å². The Bertz CT molecular complexity index is 447. The lowest BCUT2D eigenvalue weighted by Gasteiger charge is -2.10. The number of anilines is 1. The zero-order valence-corrected chi connectivity index (χ0v) is 8.95. The van der Waals surface area contributed by atoms with E-state index < -0.39 is 0 Å². The molecular weight excluding hydrogens is 188 g/mol. The normalized spacial score (nSPS) is 13.3. The number of nitrogen functional groups attached to an aromatic ring is 1. The molecule has 0 atom stereocenters. The van der Waals surface area contributed by atoms with Gasteiger partial charge in [-0.05, 0) is 29.3 Å². The molecule has 0 fully saturated rings. The van der Waals surface area contributed by atoms with Crippen molar-refractivity contribution in [1.82, 2.24) is 4.90 Å². The summed E-state index contributed by atoms with van der Waals surface area (Å²) in [7, 11) is 3.53. The van der Waals surface area contributed by atoms with Crippen LogP contribution in [0.3, 0.4) is 0 Å². The van der Waals surface area contributed by atoms with Crippen molar-refractivity contribution in [1.29, 1.82) is 0 Å². The highest BCUT2D eigenvalue weighted by Gasteiger charge is 2.19. The minimum atomic E-state index is 0.0739. The van der Waals surface area contributed by atoms with E-state index in [0.717, 1.165) is 16.8 Å². The standard InChI is InChI=1S/C12H14N2O/c1-14(2)12(15)10-5-8-3-4-11(13)7-9(8)6-10/h3-4,6-7H,5,13H2,1-2H3. The van der Waals surface area contributed by atoms with E-state index in [0.29, 0.717) is 6.42 Å². The van der Waals surface area contributed by atoms with Crippen LogP contribution in [-0.4, -0.2) is 24.9 Å². The summed E-state index contributed by atoms with van der Waals surface area (Å²) in [6.45, 7) is 0. The zero-order chi connectivity index (χ0) is 11.0. The fourth-order valence-corrected chi connectivity index (χ4v) is 1.78. The largest absolute Gasteiger partial charge is 0.399 e. The lowest BCUT2D eigenvalue weighted by Crippen LogP contribution is -2.23. The van der Waals surface area contributed by atoms with Crippen LogP contribution in [0.2, 0.25) is 0 Å². The molecule has 0 aromatic heterocycles. The predicted octanol–water partition coefficient (Wildman–Crippen LogP) is 1.30. The van der Waals surface area contributed by atoms with E-state index in [1.807, 2.05) is 24.3 Å². The van der Waals surface area contributed by atoms with Crippen molar-refractivity contribution in [2.24, 2.45) is 0 Å². The van der Waals surface area contributed by atoms with Crippen molar-refractivity contribution in [3.05, 3.63) is 34.9 Å². The van der Waals surface area contributed by atoms with Crippen molar-refractivity contribution in [2.75, 3.05) is 19.8 Å². The second-order valence-corrected chi connectivity index (χ2v) is 4.00. The first-order valence-electron chi connectivity index (χ1n) is 4.88. The average molecular weight is 202 g/mol. The molecule has 3 nitrogen and oxygen atoms in total. The third-order valence-electron chi connectivity index (χ3n) is 2.56. The van der Waals surface area contributed by atoms with Crippen LogP contribution in [0.25, 0.3) is 6.08 Å². The first-order chi connectivity index (χ1) is 7.08. The Morgan fingerprint density at radius 2 is 2.13 bits per heavy atom. The first kappa shape index (κ1) is 9.77.